The Morgan fingerprint density at radius 3 is 2.75 bits per heavy atom. The minimum absolute atomic E-state index is 0.133. The fourth-order valence-electron chi connectivity index (χ4n) is 2.33. The summed E-state index contributed by atoms with van der Waals surface area (Å²) in [5, 5.41) is 2.85. The average Bonchev–Trinajstić information content (AvgIpc) is 2.68. The molecular formula is C18H24N6O3S. The molecule has 10 heteroatoms. The maximum absolute atomic E-state index is 12.2. The molecule has 9 nitrogen and oxygen atoms in total. The summed E-state index contributed by atoms with van der Waals surface area (Å²) in [4.78, 5) is 20.1. The number of fused-ring (bicyclic) bond motifs is 1. The van der Waals surface area contributed by atoms with E-state index in [4.69, 9.17) is 10.5 Å². The molecule has 1 amide bonds. The molecule has 1 aromatic heterocycles. The van der Waals surface area contributed by atoms with Crippen LogP contribution in [0.1, 0.15) is 43.7 Å². The standard InChI is InChI=1S/C16H18N6O3S.C2H6/c1-16(2,20-15(23)11-8-18-6-7-19-11)9-25-12-5-3-4-10-13(12)14(17)22-26(24)21-10;1-2/h3-8,21H,9H2,1-2H3,(H2,17,22)(H,20,23);1-2H3. The second-order valence-electron chi connectivity index (χ2n) is 6.22. The minimum atomic E-state index is -1.60. The second kappa shape index (κ2) is 9.27. The van der Waals surface area contributed by atoms with E-state index >= 15 is 0 Å². The van der Waals surface area contributed by atoms with Crippen molar-refractivity contribution in [2.45, 2.75) is 33.2 Å². The van der Waals surface area contributed by atoms with Crippen molar-refractivity contribution in [3.05, 3.63) is 48.0 Å². The zero-order valence-electron chi connectivity index (χ0n) is 16.2. The zero-order valence-corrected chi connectivity index (χ0v) is 17.0. The highest BCUT2D eigenvalue weighted by Crippen LogP contribution is 2.30. The molecule has 0 saturated heterocycles. The molecule has 0 radical (unpaired) electrons. The molecule has 0 saturated carbocycles. The number of hydrogen-bond acceptors (Lipinski definition) is 6. The number of benzene rings is 1. The van der Waals surface area contributed by atoms with Crippen molar-refractivity contribution in [3.63, 3.8) is 0 Å². The van der Waals surface area contributed by atoms with Crippen LogP contribution in [0.3, 0.4) is 0 Å². The highest BCUT2D eigenvalue weighted by molar-refractivity contribution is 7.85. The number of hydrogen-bond donors (Lipinski definition) is 3. The molecule has 0 aliphatic carbocycles. The third-order valence-electron chi connectivity index (χ3n) is 3.50. The Balaban J connectivity index is 0.00000136. The number of nitrogens with two attached hydrogens (primary N) is 1. The molecular weight excluding hydrogens is 380 g/mol. The normalized spacial score (nSPS) is 15.1. The molecule has 1 aliphatic heterocycles. The van der Waals surface area contributed by atoms with Crippen molar-refractivity contribution in [2.75, 3.05) is 11.3 Å². The predicted molar refractivity (Wildman–Crippen MR) is 109 cm³/mol. The number of amides is 1. The van der Waals surface area contributed by atoms with E-state index in [0.29, 0.717) is 17.0 Å². The molecule has 3 rings (SSSR count). The molecule has 28 heavy (non-hydrogen) atoms. The summed E-state index contributed by atoms with van der Waals surface area (Å²) in [6.45, 7) is 7.81. The number of carbonyl (C=O) groups is 1. The van der Waals surface area contributed by atoms with Crippen LogP contribution in [0.2, 0.25) is 0 Å². The van der Waals surface area contributed by atoms with Crippen LogP contribution in [0.5, 0.6) is 5.75 Å². The van der Waals surface area contributed by atoms with Crippen LogP contribution >= 0.6 is 0 Å². The van der Waals surface area contributed by atoms with E-state index in [1.807, 2.05) is 27.7 Å². The quantitative estimate of drug-likeness (QED) is 0.696. The van der Waals surface area contributed by atoms with E-state index in [1.54, 1.807) is 18.2 Å². The number of anilines is 1. The highest BCUT2D eigenvalue weighted by atomic mass is 32.2. The first kappa shape index (κ1) is 21.3. The number of nitrogens with zero attached hydrogens (tertiary/aromatic N) is 3. The molecule has 1 aromatic carbocycles. The van der Waals surface area contributed by atoms with Gasteiger partial charge in [0.25, 0.3) is 5.91 Å². The van der Waals surface area contributed by atoms with Gasteiger partial charge in [0.1, 0.15) is 23.9 Å². The van der Waals surface area contributed by atoms with Crippen LogP contribution in [0.15, 0.2) is 41.2 Å². The number of amidine groups is 1. The van der Waals surface area contributed by atoms with E-state index in [9.17, 15) is 9.00 Å². The first-order valence-electron chi connectivity index (χ1n) is 8.73. The van der Waals surface area contributed by atoms with Crippen LogP contribution in [-0.2, 0) is 11.2 Å². The molecule has 1 unspecified atom stereocenters. The lowest BCUT2D eigenvalue weighted by molar-refractivity contribution is 0.0875. The Morgan fingerprint density at radius 2 is 2.07 bits per heavy atom. The van der Waals surface area contributed by atoms with E-state index < -0.39 is 16.7 Å². The molecule has 0 spiro atoms. The van der Waals surface area contributed by atoms with E-state index in [1.165, 1.54) is 18.6 Å². The summed E-state index contributed by atoms with van der Waals surface area (Å²) in [5.74, 6) is 0.267. The van der Waals surface area contributed by atoms with E-state index in [-0.39, 0.29) is 24.0 Å². The van der Waals surface area contributed by atoms with Gasteiger partial charge in [0.05, 0.1) is 23.0 Å². The predicted octanol–water partition coefficient (Wildman–Crippen LogP) is 1.80. The largest absolute Gasteiger partial charge is 0.490 e. The molecule has 2 aromatic rings. The van der Waals surface area contributed by atoms with Crippen molar-refractivity contribution in [1.29, 1.82) is 0 Å². The lowest BCUT2D eigenvalue weighted by atomic mass is 10.1. The smallest absolute Gasteiger partial charge is 0.272 e. The van der Waals surface area contributed by atoms with Gasteiger partial charge in [0.2, 0.25) is 11.2 Å². The number of rotatable bonds is 5. The Hall–Kier alpha value is -3.01. The Bertz CT molecular complexity index is 886. The second-order valence-corrected chi connectivity index (χ2v) is 7.11. The van der Waals surface area contributed by atoms with Crippen molar-refractivity contribution < 1.29 is 13.7 Å². The fourth-order valence-corrected chi connectivity index (χ4v) is 3.01. The average molecular weight is 404 g/mol. The molecule has 150 valence electrons. The number of carbonyl (C=O) groups excluding carboxylic acids is 1. The number of aromatic nitrogens is 2. The monoisotopic (exact) mass is 404 g/mol. The third kappa shape index (κ3) is 5.26. The Kier molecular flexibility index (Phi) is 7.05. The SMILES string of the molecule is CC.CC(C)(COc1cccc2c1C(N)=NS(=O)N2)NC(=O)c1cnccn1. The van der Waals surface area contributed by atoms with Crippen molar-refractivity contribution in [2.24, 2.45) is 10.1 Å². The first-order valence-corrected chi connectivity index (χ1v) is 9.84. The summed E-state index contributed by atoms with van der Waals surface area (Å²) in [6.07, 6.45) is 4.34. The summed E-state index contributed by atoms with van der Waals surface area (Å²) in [6, 6.07) is 5.22. The van der Waals surface area contributed by atoms with Gasteiger partial charge in [0, 0.05) is 12.4 Å². The van der Waals surface area contributed by atoms with Gasteiger partial charge in [0.15, 0.2) is 0 Å². The van der Waals surface area contributed by atoms with Gasteiger partial charge >= 0.3 is 0 Å². The fraction of sp³-hybridized carbons (Fsp3) is 0.333. The van der Waals surface area contributed by atoms with Crippen LogP contribution in [0, 0.1) is 0 Å². The molecule has 0 fully saturated rings. The van der Waals surface area contributed by atoms with Crippen molar-refractivity contribution in [3.8, 4) is 5.75 Å². The Morgan fingerprint density at radius 1 is 1.32 bits per heavy atom. The minimum Gasteiger partial charge on any atom is -0.490 e. The van der Waals surface area contributed by atoms with E-state index in [2.05, 4.69) is 24.4 Å². The maximum Gasteiger partial charge on any atom is 0.272 e. The topological polar surface area (TPSA) is 132 Å². The van der Waals surface area contributed by atoms with Crippen molar-refractivity contribution in [1.82, 2.24) is 15.3 Å². The van der Waals surface area contributed by atoms with Gasteiger partial charge in [-0.2, -0.15) is 4.40 Å². The summed E-state index contributed by atoms with van der Waals surface area (Å²) < 4.78 is 23.9. The maximum atomic E-state index is 12.2. The molecule has 0 bridgehead atoms. The van der Waals surface area contributed by atoms with E-state index in [0.717, 1.165) is 0 Å². The van der Waals surface area contributed by atoms with Crippen molar-refractivity contribution >= 4 is 28.6 Å². The van der Waals surface area contributed by atoms with Crippen LogP contribution < -0.4 is 20.5 Å². The summed E-state index contributed by atoms with van der Waals surface area (Å²) in [5.41, 5.74) is 6.55. The number of nitrogens with one attached hydrogen (secondary N) is 2. The first-order chi connectivity index (χ1) is 13.4. The molecule has 4 N–H and O–H groups in total. The third-order valence-corrected chi connectivity index (χ3v) is 4.25. The summed E-state index contributed by atoms with van der Waals surface area (Å²) in [7, 11) is 0. The van der Waals surface area contributed by atoms with Gasteiger partial charge in [-0.1, -0.05) is 19.9 Å². The van der Waals surface area contributed by atoms with Gasteiger partial charge in [-0.05, 0) is 26.0 Å². The zero-order chi connectivity index (χ0) is 20.7. The molecule has 1 atom stereocenters. The molecule has 2 heterocycles. The summed E-state index contributed by atoms with van der Waals surface area (Å²) >= 11 is -1.60. The lowest BCUT2D eigenvalue weighted by Crippen LogP contribution is -2.48. The van der Waals surface area contributed by atoms with Gasteiger partial charge in [-0.3, -0.25) is 14.5 Å². The van der Waals surface area contributed by atoms with Crippen LogP contribution in [-0.4, -0.2) is 38.1 Å². The van der Waals surface area contributed by atoms with Gasteiger partial charge in [-0.15, -0.1) is 0 Å². The molecule has 1 aliphatic rings. The Labute approximate surface area is 166 Å². The lowest BCUT2D eigenvalue weighted by Gasteiger charge is -2.27. The van der Waals surface area contributed by atoms with Gasteiger partial charge in [-0.25, -0.2) is 9.19 Å². The van der Waals surface area contributed by atoms with Gasteiger partial charge < -0.3 is 15.8 Å². The highest BCUT2D eigenvalue weighted by Gasteiger charge is 2.25. The number of ether oxygens (including phenoxy) is 1. The van der Waals surface area contributed by atoms with Crippen LogP contribution in [0.4, 0.5) is 5.69 Å². The van der Waals surface area contributed by atoms with Crippen LogP contribution in [0.25, 0.3) is 0 Å².